The molecule has 0 aliphatic carbocycles. The van der Waals surface area contributed by atoms with Crippen molar-refractivity contribution in [2.24, 2.45) is 5.84 Å². The quantitative estimate of drug-likeness (QED) is 0.558. The topological polar surface area (TPSA) is 89.2 Å². The zero-order valence-corrected chi connectivity index (χ0v) is 11.5. The Morgan fingerprint density at radius 1 is 1.22 bits per heavy atom. The highest BCUT2D eigenvalue weighted by atomic mass is 16.5. The monoisotopic (exact) mass is 254 g/mol. The molecule has 7 heteroatoms. The summed E-state index contributed by atoms with van der Waals surface area (Å²) >= 11 is 0. The normalized spacial score (nSPS) is 12.1. The molecule has 7 nitrogen and oxygen atoms in total. The molecule has 0 fully saturated rings. The van der Waals surface area contributed by atoms with Crippen molar-refractivity contribution in [1.82, 2.24) is 15.0 Å². The van der Waals surface area contributed by atoms with Crippen LogP contribution in [0.5, 0.6) is 6.01 Å². The highest BCUT2D eigenvalue weighted by molar-refractivity contribution is 5.37. The number of hydrogen-bond acceptors (Lipinski definition) is 7. The number of hydrazine groups is 1. The van der Waals surface area contributed by atoms with Crippen LogP contribution in [0.4, 0.5) is 11.9 Å². The van der Waals surface area contributed by atoms with Gasteiger partial charge < -0.3 is 9.64 Å². The summed E-state index contributed by atoms with van der Waals surface area (Å²) in [6.45, 7) is 9.71. The van der Waals surface area contributed by atoms with E-state index in [-0.39, 0.29) is 6.10 Å². The van der Waals surface area contributed by atoms with E-state index in [4.69, 9.17) is 10.6 Å². The van der Waals surface area contributed by atoms with Crippen molar-refractivity contribution in [3.05, 3.63) is 0 Å². The fraction of sp³-hybridized carbons (Fsp3) is 0.727. The van der Waals surface area contributed by atoms with Crippen LogP contribution in [0.3, 0.4) is 0 Å². The molecule has 3 N–H and O–H groups in total. The van der Waals surface area contributed by atoms with Gasteiger partial charge in [-0.25, -0.2) is 5.84 Å². The van der Waals surface area contributed by atoms with Crippen molar-refractivity contribution in [3.8, 4) is 6.01 Å². The van der Waals surface area contributed by atoms with Crippen molar-refractivity contribution in [2.45, 2.75) is 40.2 Å². The standard InChI is InChI=1S/C11H22N6O/c1-5-8(4)18-11-14-9(16-12)13-10(15-11)17(6-2)7-3/h8H,5-7,12H2,1-4H3,(H,13,14,15,16). The Morgan fingerprint density at radius 3 is 2.39 bits per heavy atom. The zero-order valence-electron chi connectivity index (χ0n) is 11.5. The summed E-state index contributed by atoms with van der Waals surface area (Å²) in [7, 11) is 0. The summed E-state index contributed by atoms with van der Waals surface area (Å²) < 4.78 is 5.60. The summed E-state index contributed by atoms with van der Waals surface area (Å²) in [5, 5.41) is 0. The highest BCUT2D eigenvalue weighted by Crippen LogP contribution is 2.15. The molecule has 1 atom stereocenters. The fourth-order valence-corrected chi connectivity index (χ4v) is 1.37. The molecule has 0 aromatic carbocycles. The lowest BCUT2D eigenvalue weighted by atomic mass is 10.3. The molecule has 0 amide bonds. The average molecular weight is 254 g/mol. The second-order valence-corrected chi connectivity index (χ2v) is 3.89. The molecule has 0 saturated carbocycles. The van der Waals surface area contributed by atoms with Crippen LogP contribution >= 0.6 is 0 Å². The molecule has 1 rings (SSSR count). The number of anilines is 2. The van der Waals surface area contributed by atoms with Gasteiger partial charge in [0.15, 0.2) is 0 Å². The van der Waals surface area contributed by atoms with Gasteiger partial charge in [0.05, 0.1) is 6.10 Å². The summed E-state index contributed by atoms with van der Waals surface area (Å²) in [5.41, 5.74) is 2.43. The van der Waals surface area contributed by atoms with E-state index < -0.39 is 0 Å². The Labute approximate surface area is 108 Å². The molecule has 1 aromatic rings. The maximum absolute atomic E-state index is 5.60. The second-order valence-electron chi connectivity index (χ2n) is 3.89. The number of hydrogen-bond donors (Lipinski definition) is 2. The molecule has 0 spiro atoms. The van der Waals surface area contributed by atoms with Gasteiger partial charge in [-0.15, -0.1) is 0 Å². The van der Waals surface area contributed by atoms with Gasteiger partial charge in [-0.05, 0) is 27.2 Å². The Bertz CT molecular complexity index is 369. The van der Waals surface area contributed by atoms with E-state index in [9.17, 15) is 0 Å². The Balaban J connectivity index is 3.00. The molecule has 1 heterocycles. The predicted octanol–water partition coefficient (Wildman–Crippen LogP) is 1.18. The van der Waals surface area contributed by atoms with Crippen molar-refractivity contribution < 1.29 is 4.74 Å². The molecule has 0 aliphatic rings. The maximum Gasteiger partial charge on any atom is 0.323 e. The van der Waals surface area contributed by atoms with E-state index in [0.717, 1.165) is 19.5 Å². The predicted molar refractivity (Wildman–Crippen MR) is 71.6 cm³/mol. The number of nitrogens with zero attached hydrogens (tertiary/aromatic N) is 4. The van der Waals surface area contributed by atoms with Gasteiger partial charge in [-0.2, -0.15) is 15.0 Å². The first-order valence-corrected chi connectivity index (χ1v) is 6.28. The molecule has 1 aromatic heterocycles. The molecule has 1 unspecified atom stereocenters. The van der Waals surface area contributed by atoms with Gasteiger partial charge in [0.2, 0.25) is 11.9 Å². The molecule has 0 saturated heterocycles. The Kier molecular flexibility index (Phi) is 5.57. The molecule has 18 heavy (non-hydrogen) atoms. The van der Waals surface area contributed by atoms with Crippen LogP contribution in [0.25, 0.3) is 0 Å². The minimum absolute atomic E-state index is 0.0579. The second kappa shape index (κ2) is 6.95. The number of nitrogens with one attached hydrogen (secondary N) is 1. The van der Waals surface area contributed by atoms with Gasteiger partial charge in [-0.3, -0.25) is 5.43 Å². The molecule has 0 aliphatic heterocycles. The van der Waals surface area contributed by atoms with Gasteiger partial charge in [0.25, 0.3) is 0 Å². The van der Waals surface area contributed by atoms with Crippen molar-refractivity contribution in [1.29, 1.82) is 0 Å². The first-order valence-electron chi connectivity index (χ1n) is 6.28. The van der Waals surface area contributed by atoms with Crippen LogP contribution in [0.1, 0.15) is 34.1 Å². The molecule has 0 bridgehead atoms. The van der Waals surface area contributed by atoms with Gasteiger partial charge in [-0.1, -0.05) is 6.92 Å². The van der Waals surface area contributed by atoms with E-state index >= 15 is 0 Å². The number of nitrogen functional groups attached to an aromatic ring is 1. The van der Waals surface area contributed by atoms with E-state index in [0.29, 0.717) is 17.9 Å². The van der Waals surface area contributed by atoms with Crippen LogP contribution in [-0.2, 0) is 0 Å². The molecular formula is C11H22N6O. The van der Waals surface area contributed by atoms with E-state index in [2.05, 4.69) is 20.4 Å². The molecule has 0 radical (unpaired) electrons. The third-order valence-electron chi connectivity index (χ3n) is 2.66. The number of nitrogens with two attached hydrogens (primary N) is 1. The highest BCUT2D eigenvalue weighted by Gasteiger charge is 2.12. The zero-order chi connectivity index (χ0) is 13.5. The SMILES string of the molecule is CCC(C)Oc1nc(NN)nc(N(CC)CC)n1. The minimum Gasteiger partial charge on any atom is -0.460 e. The van der Waals surface area contributed by atoms with Crippen molar-refractivity contribution >= 4 is 11.9 Å². The largest absolute Gasteiger partial charge is 0.460 e. The maximum atomic E-state index is 5.60. The van der Waals surface area contributed by atoms with E-state index in [1.807, 2.05) is 32.6 Å². The molecule has 102 valence electrons. The van der Waals surface area contributed by atoms with Crippen LogP contribution in [0, 0.1) is 0 Å². The Morgan fingerprint density at radius 2 is 1.89 bits per heavy atom. The third-order valence-corrected chi connectivity index (χ3v) is 2.66. The summed E-state index contributed by atoms with van der Waals surface area (Å²) in [5.74, 6) is 6.24. The van der Waals surface area contributed by atoms with Gasteiger partial charge in [0.1, 0.15) is 0 Å². The Hall–Kier alpha value is -1.63. The summed E-state index contributed by atoms with van der Waals surface area (Å²) in [6.07, 6.45) is 0.945. The van der Waals surface area contributed by atoms with Crippen LogP contribution in [-0.4, -0.2) is 34.1 Å². The minimum atomic E-state index is 0.0579. The fourth-order valence-electron chi connectivity index (χ4n) is 1.37. The number of ether oxygens (including phenoxy) is 1. The van der Waals surface area contributed by atoms with E-state index in [1.165, 1.54) is 0 Å². The first-order chi connectivity index (χ1) is 8.64. The molecular weight excluding hydrogens is 232 g/mol. The van der Waals surface area contributed by atoms with Crippen molar-refractivity contribution in [2.75, 3.05) is 23.4 Å². The first kappa shape index (κ1) is 14.4. The van der Waals surface area contributed by atoms with Crippen LogP contribution in [0.2, 0.25) is 0 Å². The lowest BCUT2D eigenvalue weighted by Gasteiger charge is -2.19. The lowest BCUT2D eigenvalue weighted by Crippen LogP contribution is -2.26. The van der Waals surface area contributed by atoms with Gasteiger partial charge in [0, 0.05) is 13.1 Å². The van der Waals surface area contributed by atoms with Crippen molar-refractivity contribution in [3.63, 3.8) is 0 Å². The summed E-state index contributed by atoms with van der Waals surface area (Å²) in [4.78, 5) is 14.6. The number of aromatic nitrogens is 3. The van der Waals surface area contributed by atoms with Crippen LogP contribution < -0.4 is 20.9 Å². The smallest absolute Gasteiger partial charge is 0.323 e. The lowest BCUT2D eigenvalue weighted by molar-refractivity contribution is 0.199. The number of rotatable bonds is 7. The third kappa shape index (κ3) is 3.69. The average Bonchev–Trinajstić information content (AvgIpc) is 2.39. The summed E-state index contributed by atoms with van der Waals surface area (Å²) in [6, 6.07) is 0.300. The van der Waals surface area contributed by atoms with E-state index in [1.54, 1.807) is 0 Å². The van der Waals surface area contributed by atoms with Crippen LogP contribution in [0.15, 0.2) is 0 Å². The van der Waals surface area contributed by atoms with Gasteiger partial charge >= 0.3 is 6.01 Å².